The zero-order valence-electron chi connectivity index (χ0n) is 18.4. The normalized spacial score (nSPS) is 17.0. The minimum absolute atomic E-state index is 0.0417. The molecule has 2 aliphatic rings. The molecule has 2 heterocycles. The molecule has 2 aliphatic heterocycles. The van der Waals surface area contributed by atoms with Gasteiger partial charge in [-0.1, -0.05) is 52.5 Å². The fraction of sp³-hybridized carbons (Fsp3) is 0.120. The molecule has 3 amide bonds. The molecule has 0 bridgehead atoms. The minimum Gasteiger partial charge on any atom is -0.426 e. The lowest BCUT2D eigenvalue weighted by molar-refractivity contribution is -0.139. The number of anilines is 2. The number of benzene rings is 3. The van der Waals surface area contributed by atoms with Gasteiger partial charge in [0.25, 0.3) is 11.8 Å². The fourth-order valence-corrected chi connectivity index (χ4v) is 5.22. The van der Waals surface area contributed by atoms with Crippen molar-refractivity contribution in [3.63, 3.8) is 0 Å². The predicted molar refractivity (Wildman–Crippen MR) is 137 cm³/mol. The van der Waals surface area contributed by atoms with Crippen LogP contribution in [0.5, 0.6) is 5.75 Å². The maximum Gasteiger partial charge on any atom is 0.316 e. The van der Waals surface area contributed by atoms with Crippen molar-refractivity contribution in [2.75, 3.05) is 16.3 Å². The molecule has 0 unspecified atom stereocenters. The van der Waals surface area contributed by atoms with Gasteiger partial charge in [0.2, 0.25) is 5.91 Å². The van der Waals surface area contributed by atoms with E-state index in [4.69, 9.17) is 51.1 Å². The first-order valence-corrected chi connectivity index (χ1v) is 12.2. The van der Waals surface area contributed by atoms with Gasteiger partial charge in [-0.3, -0.25) is 19.2 Å². The van der Waals surface area contributed by atoms with Crippen LogP contribution in [0.3, 0.4) is 0 Å². The van der Waals surface area contributed by atoms with E-state index in [1.54, 1.807) is 0 Å². The Hall–Kier alpha value is -3.17. The second-order valence-electron chi connectivity index (χ2n) is 8.25. The minimum atomic E-state index is -0.776. The smallest absolute Gasteiger partial charge is 0.316 e. The number of imide groups is 1. The van der Waals surface area contributed by atoms with Crippen LogP contribution in [-0.2, 0) is 9.59 Å². The van der Waals surface area contributed by atoms with Crippen LogP contribution in [0.2, 0.25) is 20.1 Å². The highest BCUT2D eigenvalue weighted by atomic mass is 35.5. The van der Waals surface area contributed by atoms with E-state index >= 15 is 0 Å². The molecule has 7 nitrogen and oxygen atoms in total. The van der Waals surface area contributed by atoms with Crippen LogP contribution >= 0.6 is 46.4 Å². The summed E-state index contributed by atoms with van der Waals surface area (Å²) < 4.78 is 18.7. The molecule has 188 valence electrons. The van der Waals surface area contributed by atoms with Gasteiger partial charge in [-0.15, -0.1) is 0 Å². The van der Waals surface area contributed by atoms with Gasteiger partial charge in [-0.05, 0) is 36.4 Å². The van der Waals surface area contributed by atoms with Gasteiger partial charge in [0.1, 0.15) is 11.6 Å². The molecule has 5 rings (SSSR count). The first kappa shape index (κ1) is 25.5. The van der Waals surface area contributed by atoms with Crippen LogP contribution in [0.25, 0.3) is 0 Å². The van der Waals surface area contributed by atoms with Gasteiger partial charge in [0.05, 0.1) is 42.8 Å². The Morgan fingerprint density at radius 3 is 2.03 bits per heavy atom. The number of carbonyl (C=O) groups excluding carboxylic acids is 4. The van der Waals surface area contributed by atoms with E-state index in [-0.39, 0.29) is 61.5 Å². The molecular weight excluding hydrogens is 569 g/mol. The van der Waals surface area contributed by atoms with Gasteiger partial charge in [-0.2, -0.15) is 0 Å². The van der Waals surface area contributed by atoms with E-state index in [2.05, 4.69) is 0 Å². The lowest BCUT2D eigenvalue weighted by atomic mass is 10.1. The summed E-state index contributed by atoms with van der Waals surface area (Å²) in [5.41, 5.74) is 0.191. The van der Waals surface area contributed by atoms with Crippen molar-refractivity contribution in [2.45, 2.75) is 6.42 Å². The molecule has 1 fully saturated rings. The Labute approximate surface area is 229 Å². The Morgan fingerprint density at radius 1 is 0.838 bits per heavy atom. The summed E-state index contributed by atoms with van der Waals surface area (Å²) in [6.45, 7) is 0.0555. The number of nitrogens with zero attached hydrogens (tertiary/aromatic N) is 2. The number of rotatable bonds is 4. The van der Waals surface area contributed by atoms with Crippen LogP contribution < -0.4 is 14.5 Å². The second-order valence-corrected chi connectivity index (χ2v) is 9.76. The van der Waals surface area contributed by atoms with Crippen molar-refractivity contribution in [3.8, 4) is 5.75 Å². The SMILES string of the molecule is O=C(Oc1cccc(N2C(=O)c3c(Cl)c(Cl)c(Cl)c(Cl)c3C2=O)c1)[C@@H]1CC(=O)N(c2ccc(F)cc2)C1. The van der Waals surface area contributed by atoms with E-state index in [1.807, 2.05) is 0 Å². The zero-order valence-corrected chi connectivity index (χ0v) is 21.5. The number of amides is 3. The maximum absolute atomic E-state index is 13.2. The molecule has 0 radical (unpaired) electrons. The highest BCUT2D eigenvalue weighted by molar-refractivity contribution is 6.56. The number of esters is 1. The summed E-state index contributed by atoms with van der Waals surface area (Å²) in [6, 6.07) is 11.1. The summed E-state index contributed by atoms with van der Waals surface area (Å²) in [7, 11) is 0. The number of halogens is 5. The van der Waals surface area contributed by atoms with Crippen molar-refractivity contribution in [1.29, 1.82) is 0 Å². The van der Waals surface area contributed by atoms with Crippen LogP contribution in [0.4, 0.5) is 15.8 Å². The highest BCUT2D eigenvalue weighted by Crippen LogP contribution is 2.46. The van der Waals surface area contributed by atoms with Crippen LogP contribution in [0, 0.1) is 11.7 Å². The molecule has 0 spiro atoms. The Kier molecular flexibility index (Phi) is 6.62. The third-order valence-corrected chi connectivity index (χ3v) is 7.79. The predicted octanol–water partition coefficient (Wildman–Crippen LogP) is 6.20. The molecule has 1 saturated heterocycles. The molecule has 0 aliphatic carbocycles. The van der Waals surface area contributed by atoms with Crippen molar-refractivity contribution in [2.24, 2.45) is 5.92 Å². The van der Waals surface area contributed by atoms with E-state index in [1.165, 1.54) is 53.4 Å². The van der Waals surface area contributed by atoms with Gasteiger partial charge >= 0.3 is 5.97 Å². The van der Waals surface area contributed by atoms with Gasteiger partial charge in [0.15, 0.2) is 0 Å². The van der Waals surface area contributed by atoms with Crippen molar-refractivity contribution >= 4 is 81.5 Å². The van der Waals surface area contributed by atoms with Crippen molar-refractivity contribution < 1.29 is 28.3 Å². The maximum atomic E-state index is 13.2. The Morgan fingerprint density at radius 2 is 1.43 bits per heavy atom. The van der Waals surface area contributed by atoms with Crippen molar-refractivity contribution in [3.05, 3.63) is 85.6 Å². The molecule has 37 heavy (non-hydrogen) atoms. The van der Waals surface area contributed by atoms with Crippen LogP contribution in [0.1, 0.15) is 27.1 Å². The lowest BCUT2D eigenvalue weighted by Gasteiger charge is -2.17. The number of hydrogen-bond acceptors (Lipinski definition) is 5. The number of fused-ring (bicyclic) bond motifs is 1. The van der Waals surface area contributed by atoms with E-state index < -0.39 is 29.5 Å². The van der Waals surface area contributed by atoms with Crippen molar-refractivity contribution in [1.82, 2.24) is 0 Å². The zero-order chi connectivity index (χ0) is 26.6. The number of carbonyl (C=O) groups is 4. The molecular formula is C25H13Cl4FN2O5. The van der Waals surface area contributed by atoms with Gasteiger partial charge in [-0.25, -0.2) is 9.29 Å². The van der Waals surface area contributed by atoms with E-state index in [0.717, 1.165) is 4.90 Å². The molecule has 0 aromatic heterocycles. The number of hydrogen-bond donors (Lipinski definition) is 0. The van der Waals surface area contributed by atoms with Gasteiger partial charge in [0, 0.05) is 24.7 Å². The number of ether oxygens (including phenoxy) is 1. The third kappa shape index (κ3) is 4.34. The molecule has 3 aromatic rings. The average molecular weight is 582 g/mol. The molecule has 0 saturated carbocycles. The summed E-state index contributed by atoms with van der Waals surface area (Å²) in [5.74, 6) is -3.71. The van der Waals surface area contributed by atoms with Crippen LogP contribution in [-0.4, -0.2) is 30.2 Å². The van der Waals surface area contributed by atoms with E-state index in [9.17, 15) is 23.6 Å². The Bertz CT molecular complexity index is 1460. The molecule has 1 atom stereocenters. The van der Waals surface area contributed by atoms with Gasteiger partial charge < -0.3 is 9.64 Å². The summed E-state index contributed by atoms with van der Waals surface area (Å²) in [5, 5.41) is -0.714. The first-order chi connectivity index (χ1) is 17.6. The molecule has 0 N–H and O–H groups in total. The quantitative estimate of drug-likeness (QED) is 0.120. The average Bonchev–Trinajstić information content (AvgIpc) is 3.39. The second kappa shape index (κ2) is 9.61. The third-order valence-electron chi connectivity index (χ3n) is 5.99. The molecule has 3 aromatic carbocycles. The standard InChI is InChI=1S/C25H13Cl4FN2O5/c26-19-17-18(20(27)22(29)21(19)28)24(35)32(23(17)34)14-2-1-3-15(9-14)37-25(36)11-8-16(33)31(10-11)13-6-4-12(30)5-7-13/h1-7,9,11H,8,10H2/t11-/m1/s1. The summed E-state index contributed by atoms with van der Waals surface area (Å²) in [4.78, 5) is 53.7. The Balaban J connectivity index is 1.36. The summed E-state index contributed by atoms with van der Waals surface area (Å²) >= 11 is 24.5. The monoisotopic (exact) mass is 580 g/mol. The fourth-order valence-electron chi connectivity index (χ4n) is 4.21. The highest BCUT2D eigenvalue weighted by Gasteiger charge is 2.43. The summed E-state index contributed by atoms with van der Waals surface area (Å²) in [6.07, 6.45) is -0.0905. The first-order valence-electron chi connectivity index (χ1n) is 10.7. The van der Waals surface area contributed by atoms with Crippen LogP contribution in [0.15, 0.2) is 48.5 Å². The molecule has 12 heteroatoms. The largest absolute Gasteiger partial charge is 0.426 e. The lowest BCUT2D eigenvalue weighted by Crippen LogP contribution is -2.29. The van der Waals surface area contributed by atoms with E-state index in [0.29, 0.717) is 5.69 Å². The topological polar surface area (TPSA) is 84.0 Å².